The molecule has 0 aliphatic rings. The number of hydrogen-bond acceptors (Lipinski definition) is 3. The molecule has 116 valence electrons. The molecule has 0 fully saturated rings. The minimum Gasteiger partial charge on any atom is -0.406 e. The number of halogens is 4. The summed E-state index contributed by atoms with van der Waals surface area (Å²) in [5, 5.41) is 2.65. The fourth-order valence-corrected chi connectivity index (χ4v) is 1.99. The van der Waals surface area contributed by atoms with Gasteiger partial charge < -0.3 is 10.1 Å². The molecule has 0 saturated heterocycles. The summed E-state index contributed by atoms with van der Waals surface area (Å²) in [6.07, 6.45) is -1.75. The van der Waals surface area contributed by atoms with Gasteiger partial charge in [-0.3, -0.25) is 9.78 Å². The second kappa shape index (κ2) is 6.78. The lowest BCUT2D eigenvalue weighted by molar-refractivity contribution is -0.274. The molecule has 1 aromatic carbocycles. The van der Waals surface area contributed by atoms with E-state index in [0.29, 0.717) is 15.6 Å². The molecular weight excluding hydrogens is 365 g/mol. The van der Waals surface area contributed by atoms with Crippen LogP contribution in [-0.2, 0) is 6.54 Å². The molecule has 0 unspecified atom stereocenters. The maximum Gasteiger partial charge on any atom is 0.573 e. The average Bonchev–Trinajstić information content (AvgIpc) is 2.44. The number of hydrogen-bond donors (Lipinski definition) is 1. The normalized spacial score (nSPS) is 11.1. The molecule has 0 radical (unpaired) electrons. The van der Waals surface area contributed by atoms with E-state index in [1.54, 1.807) is 12.3 Å². The first kappa shape index (κ1) is 16.3. The van der Waals surface area contributed by atoms with Crippen LogP contribution in [0, 0.1) is 0 Å². The van der Waals surface area contributed by atoms with E-state index in [1.165, 1.54) is 30.5 Å². The summed E-state index contributed by atoms with van der Waals surface area (Å²) < 4.78 is 40.5. The van der Waals surface area contributed by atoms with Gasteiger partial charge in [0.1, 0.15) is 5.75 Å². The molecular formula is C14H10BrF3N2O2. The molecule has 0 bridgehead atoms. The van der Waals surface area contributed by atoms with Crippen molar-refractivity contribution >= 4 is 21.8 Å². The summed E-state index contributed by atoms with van der Waals surface area (Å²) >= 11 is 3.21. The molecule has 0 saturated carbocycles. The summed E-state index contributed by atoms with van der Waals surface area (Å²) in [5.41, 5.74) is 1.03. The van der Waals surface area contributed by atoms with Crippen LogP contribution < -0.4 is 10.1 Å². The molecule has 4 nitrogen and oxygen atoms in total. The largest absolute Gasteiger partial charge is 0.573 e. The summed E-state index contributed by atoms with van der Waals surface area (Å²) in [4.78, 5) is 15.8. The number of pyridine rings is 1. The predicted molar refractivity (Wildman–Crippen MR) is 76.2 cm³/mol. The molecule has 1 N–H and O–H groups in total. The topological polar surface area (TPSA) is 51.2 Å². The number of nitrogens with one attached hydrogen (secondary N) is 1. The minimum atomic E-state index is -4.72. The van der Waals surface area contributed by atoms with Crippen molar-refractivity contribution in [2.45, 2.75) is 12.9 Å². The van der Waals surface area contributed by atoms with Gasteiger partial charge in [-0.25, -0.2) is 0 Å². The smallest absolute Gasteiger partial charge is 0.406 e. The number of amides is 1. The maximum absolute atomic E-state index is 12.0. The van der Waals surface area contributed by atoms with Gasteiger partial charge in [-0.2, -0.15) is 0 Å². The standard InChI is InChI=1S/C14H10BrF3N2O2/c15-11-5-10(7-19-8-11)13(21)20-6-9-1-3-12(4-2-9)22-14(16,17)18/h1-5,7-8H,6H2,(H,20,21). The zero-order valence-electron chi connectivity index (χ0n) is 11.0. The summed E-state index contributed by atoms with van der Waals surface area (Å²) in [5.74, 6) is -0.636. The van der Waals surface area contributed by atoms with Crippen LogP contribution in [0.4, 0.5) is 13.2 Å². The van der Waals surface area contributed by atoms with Gasteiger partial charge in [0.15, 0.2) is 0 Å². The first-order chi connectivity index (χ1) is 10.3. The molecule has 0 spiro atoms. The number of alkyl halides is 3. The molecule has 0 aliphatic heterocycles. The van der Waals surface area contributed by atoms with Crippen LogP contribution in [-0.4, -0.2) is 17.3 Å². The highest BCUT2D eigenvalue weighted by atomic mass is 79.9. The van der Waals surface area contributed by atoms with Gasteiger partial charge in [0.2, 0.25) is 0 Å². The van der Waals surface area contributed by atoms with E-state index in [4.69, 9.17) is 0 Å². The Morgan fingerprint density at radius 2 is 1.91 bits per heavy atom. The van der Waals surface area contributed by atoms with Crippen molar-refractivity contribution in [1.29, 1.82) is 0 Å². The van der Waals surface area contributed by atoms with Gasteiger partial charge in [-0.15, -0.1) is 13.2 Å². The van der Waals surface area contributed by atoms with E-state index in [0.717, 1.165) is 0 Å². The fraction of sp³-hybridized carbons (Fsp3) is 0.143. The number of carbonyl (C=O) groups excluding carboxylic acids is 1. The second-order valence-electron chi connectivity index (χ2n) is 4.27. The van der Waals surface area contributed by atoms with Crippen molar-refractivity contribution in [1.82, 2.24) is 10.3 Å². The second-order valence-corrected chi connectivity index (χ2v) is 5.18. The van der Waals surface area contributed by atoms with E-state index in [2.05, 4.69) is 31.0 Å². The Balaban J connectivity index is 1.93. The van der Waals surface area contributed by atoms with E-state index < -0.39 is 6.36 Å². The van der Waals surface area contributed by atoms with Crippen LogP contribution in [0.3, 0.4) is 0 Å². The quantitative estimate of drug-likeness (QED) is 0.887. The van der Waals surface area contributed by atoms with Crippen LogP contribution in [0.2, 0.25) is 0 Å². The van der Waals surface area contributed by atoms with Crippen molar-refractivity contribution < 1.29 is 22.7 Å². The number of aromatic nitrogens is 1. The molecule has 2 rings (SSSR count). The molecule has 0 aliphatic carbocycles. The van der Waals surface area contributed by atoms with Gasteiger partial charge in [0, 0.05) is 23.4 Å². The fourth-order valence-electron chi connectivity index (χ4n) is 1.63. The zero-order chi connectivity index (χ0) is 16.2. The molecule has 0 atom stereocenters. The van der Waals surface area contributed by atoms with Crippen LogP contribution >= 0.6 is 15.9 Å². The third kappa shape index (κ3) is 5.03. The van der Waals surface area contributed by atoms with Crippen molar-refractivity contribution in [2.24, 2.45) is 0 Å². The summed E-state index contributed by atoms with van der Waals surface area (Å²) in [6.45, 7) is 0.178. The Morgan fingerprint density at radius 3 is 2.50 bits per heavy atom. The van der Waals surface area contributed by atoms with Gasteiger partial charge >= 0.3 is 6.36 Å². The number of rotatable bonds is 4. The Morgan fingerprint density at radius 1 is 1.23 bits per heavy atom. The van der Waals surface area contributed by atoms with Crippen molar-refractivity contribution in [3.05, 3.63) is 58.3 Å². The van der Waals surface area contributed by atoms with Crippen LogP contribution in [0.5, 0.6) is 5.75 Å². The van der Waals surface area contributed by atoms with Crippen LogP contribution in [0.1, 0.15) is 15.9 Å². The van der Waals surface area contributed by atoms with Crippen LogP contribution in [0.25, 0.3) is 0 Å². The molecule has 2 aromatic rings. The highest BCUT2D eigenvalue weighted by Crippen LogP contribution is 2.22. The van der Waals surface area contributed by atoms with Gasteiger partial charge in [-0.1, -0.05) is 12.1 Å². The van der Waals surface area contributed by atoms with E-state index in [1.807, 2.05) is 0 Å². The number of nitrogens with zero attached hydrogens (tertiary/aromatic N) is 1. The summed E-state index contributed by atoms with van der Waals surface area (Å²) in [6, 6.07) is 6.88. The van der Waals surface area contributed by atoms with E-state index in [-0.39, 0.29) is 18.2 Å². The van der Waals surface area contributed by atoms with E-state index >= 15 is 0 Å². The maximum atomic E-state index is 12.0. The highest BCUT2D eigenvalue weighted by molar-refractivity contribution is 9.10. The lowest BCUT2D eigenvalue weighted by Crippen LogP contribution is -2.23. The Hall–Kier alpha value is -2.09. The third-order valence-corrected chi connectivity index (χ3v) is 3.01. The first-order valence-electron chi connectivity index (χ1n) is 6.07. The predicted octanol–water partition coefficient (Wildman–Crippen LogP) is 3.67. The average molecular weight is 375 g/mol. The van der Waals surface area contributed by atoms with Crippen molar-refractivity contribution in [3.8, 4) is 5.75 Å². The van der Waals surface area contributed by atoms with Gasteiger partial charge in [0.25, 0.3) is 5.91 Å². The number of carbonyl (C=O) groups is 1. The van der Waals surface area contributed by atoms with E-state index in [9.17, 15) is 18.0 Å². The lowest BCUT2D eigenvalue weighted by atomic mass is 10.2. The highest BCUT2D eigenvalue weighted by Gasteiger charge is 2.30. The monoisotopic (exact) mass is 374 g/mol. The van der Waals surface area contributed by atoms with Crippen molar-refractivity contribution in [2.75, 3.05) is 0 Å². The zero-order valence-corrected chi connectivity index (χ0v) is 12.6. The van der Waals surface area contributed by atoms with Gasteiger partial charge in [-0.05, 0) is 39.7 Å². The third-order valence-electron chi connectivity index (χ3n) is 2.58. The SMILES string of the molecule is O=C(NCc1ccc(OC(F)(F)F)cc1)c1cncc(Br)c1. The molecule has 1 heterocycles. The van der Waals surface area contributed by atoms with Gasteiger partial charge in [0.05, 0.1) is 5.56 Å². The molecule has 8 heteroatoms. The molecule has 22 heavy (non-hydrogen) atoms. The molecule has 1 aromatic heterocycles. The van der Waals surface area contributed by atoms with Crippen LogP contribution in [0.15, 0.2) is 47.2 Å². The number of benzene rings is 1. The van der Waals surface area contributed by atoms with Crippen molar-refractivity contribution in [3.63, 3.8) is 0 Å². The Labute approximate surface area is 132 Å². The number of ether oxygens (including phenoxy) is 1. The Bertz CT molecular complexity index is 660. The summed E-state index contributed by atoms with van der Waals surface area (Å²) in [7, 11) is 0. The Kier molecular flexibility index (Phi) is 5.02. The lowest BCUT2D eigenvalue weighted by Gasteiger charge is -2.09. The first-order valence-corrected chi connectivity index (χ1v) is 6.86. The minimum absolute atomic E-state index is 0.178. The molecule has 1 amide bonds.